The average molecular weight is 622 g/mol. The lowest BCUT2D eigenvalue weighted by Crippen LogP contribution is -2.49. The van der Waals surface area contributed by atoms with Gasteiger partial charge in [0.25, 0.3) is 0 Å². The number of rotatable bonds is 9. The molecule has 6 rings (SSSR count). The molecule has 1 aromatic heterocycles. The minimum Gasteiger partial charge on any atom is -0.494 e. The summed E-state index contributed by atoms with van der Waals surface area (Å²) in [4.78, 5) is 31.8. The summed E-state index contributed by atoms with van der Waals surface area (Å²) >= 11 is 0. The number of aromatic nitrogens is 2. The van der Waals surface area contributed by atoms with E-state index in [4.69, 9.17) is 14.3 Å². The number of nitrogens with zero attached hydrogens (tertiary/aromatic N) is 5. The van der Waals surface area contributed by atoms with E-state index in [9.17, 15) is 13.6 Å². The highest BCUT2D eigenvalue weighted by Gasteiger charge is 2.32. The van der Waals surface area contributed by atoms with Crippen molar-refractivity contribution in [3.05, 3.63) is 72.6 Å². The number of hydroxylamine groups is 1. The van der Waals surface area contributed by atoms with Crippen molar-refractivity contribution in [2.24, 2.45) is 0 Å². The van der Waals surface area contributed by atoms with Crippen molar-refractivity contribution in [2.75, 3.05) is 73.7 Å². The zero-order chi connectivity index (χ0) is 31.3. The number of piperidine rings is 1. The summed E-state index contributed by atoms with van der Waals surface area (Å²) < 4.78 is 39.5. The van der Waals surface area contributed by atoms with E-state index >= 15 is 0 Å². The molecule has 0 aliphatic carbocycles. The highest BCUT2D eigenvalue weighted by Crippen LogP contribution is 2.41. The Hall–Kier alpha value is -4.33. The quantitative estimate of drug-likeness (QED) is 0.324. The second-order valence-electron chi connectivity index (χ2n) is 11.1. The number of anilines is 5. The Kier molecular flexibility index (Phi) is 9.38. The van der Waals surface area contributed by atoms with Gasteiger partial charge in [-0.25, -0.2) is 23.8 Å². The standard InChI is InChI=1S/C32H37F2N7O4/c1-3-32(42)38-25-17-26(29(43-2)18-28(25)40-9-6-22(7-10-40)39-11-14-44-15-12-39)37-30-19-31(36-20-35-30)41-27(8-13-45-41)23-5-4-21(33)16-24(23)34/h3-5,16-20,22,27H,1,6-15H2,2H3,(H,38,42)(H,35,36,37)/t27-/m1/s1. The van der Waals surface area contributed by atoms with Crippen LogP contribution in [0.25, 0.3) is 0 Å². The first kappa shape index (κ1) is 30.7. The maximum Gasteiger partial charge on any atom is 0.247 e. The van der Waals surface area contributed by atoms with Crippen LogP contribution in [0.2, 0.25) is 0 Å². The van der Waals surface area contributed by atoms with Gasteiger partial charge in [-0.1, -0.05) is 12.6 Å². The van der Waals surface area contributed by atoms with E-state index in [0.29, 0.717) is 53.4 Å². The molecule has 4 heterocycles. The third kappa shape index (κ3) is 6.85. The summed E-state index contributed by atoms with van der Waals surface area (Å²) in [5.41, 5.74) is 2.34. The van der Waals surface area contributed by atoms with Gasteiger partial charge in [0.2, 0.25) is 5.91 Å². The Balaban J connectivity index is 1.24. The number of carbonyl (C=O) groups excluding carboxylic acids is 1. The van der Waals surface area contributed by atoms with Gasteiger partial charge in [-0.15, -0.1) is 0 Å². The maximum atomic E-state index is 14.6. The SMILES string of the molecule is C=CC(=O)Nc1cc(Nc2cc(N3OCC[C@@H]3c3ccc(F)cc3F)ncn2)c(OC)cc1N1CCC(N2CCOCC2)CC1. The lowest BCUT2D eigenvalue weighted by Gasteiger charge is -2.41. The predicted molar refractivity (Wildman–Crippen MR) is 167 cm³/mol. The molecule has 45 heavy (non-hydrogen) atoms. The fourth-order valence-corrected chi connectivity index (χ4v) is 6.22. The van der Waals surface area contributed by atoms with Gasteiger partial charge < -0.3 is 25.0 Å². The van der Waals surface area contributed by atoms with Gasteiger partial charge in [0.05, 0.1) is 50.0 Å². The number of nitrogens with one attached hydrogen (secondary N) is 2. The Morgan fingerprint density at radius 2 is 1.82 bits per heavy atom. The first-order valence-electron chi connectivity index (χ1n) is 15.1. The van der Waals surface area contributed by atoms with E-state index in [2.05, 4.69) is 37.0 Å². The summed E-state index contributed by atoms with van der Waals surface area (Å²) in [7, 11) is 1.59. The fourth-order valence-electron chi connectivity index (χ4n) is 6.22. The first-order chi connectivity index (χ1) is 21.9. The molecule has 11 nitrogen and oxygen atoms in total. The highest BCUT2D eigenvalue weighted by atomic mass is 19.1. The van der Waals surface area contributed by atoms with E-state index in [1.807, 2.05) is 12.1 Å². The lowest BCUT2D eigenvalue weighted by atomic mass is 10.0. The smallest absolute Gasteiger partial charge is 0.247 e. The predicted octanol–water partition coefficient (Wildman–Crippen LogP) is 4.82. The second kappa shape index (κ2) is 13.8. The monoisotopic (exact) mass is 621 g/mol. The molecule has 238 valence electrons. The Morgan fingerprint density at radius 3 is 2.56 bits per heavy atom. The lowest BCUT2D eigenvalue weighted by molar-refractivity contribution is -0.111. The van der Waals surface area contributed by atoms with Gasteiger partial charge >= 0.3 is 0 Å². The summed E-state index contributed by atoms with van der Waals surface area (Å²) in [5.74, 6) is -0.237. The molecule has 3 aromatic rings. The van der Waals surface area contributed by atoms with E-state index in [-0.39, 0.29) is 5.91 Å². The number of morpholine rings is 1. The van der Waals surface area contributed by atoms with Crippen LogP contribution >= 0.6 is 0 Å². The van der Waals surface area contributed by atoms with Gasteiger partial charge in [0, 0.05) is 62.4 Å². The average Bonchev–Trinajstić information content (AvgIpc) is 3.55. The molecule has 2 N–H and O–H groups in total. The van der Waals surface area contributed by atoms with Crippen molar-refractivity contribution >= 4 is 34.6 Å². The van der Waals surface area contributed by atoms with Crippen LogP contribution < -0.4 is 25.3 Å². The van der Waals surface area contributed by atoms with E-state index in [1.165, 1.54) is 29.6 Å². The molecule has 2 aromatic carbocycles. The molecular weight excluding hydrogens is 584 g/mol. The molecule has 3 aliphatic rings. The van der Waals surface area contributed by atoms with Crippen LogP contribution in [0.3, 0.4) is 0 Å². The fraction of sp³-hybridized carbons (Fsp3) is 0.406. The van der Waals surface area contributed by atoms with Crippen LogP contribution in [0, 0.1) is 11.6 Å². The Morgan fingerprint density at radius 1 is 1.02 bits per heavy atom. The van der Waals surface area contributed by atoms with Crippen LogP contribution in [-0.4, -0.2) is 79.9 Å². The number of hydrogen-bond acceptors (Lipinski definition) is 10. The van der Waals surface area contributed by atoms with E-state index in [0.717, 1.165) is 64.0 Å². The van der Waals surface area contributed by atoms with E-state index in [1.54, 1.807) is 13.2 Å². The van der Waals surface area contributed by atoms with Gasteiger partial charge in [-0.3, -0.25) is 14.5 Å². The summed E-state index contributed by atoms with van der Waals surface area (Å²) in [5, 5.41) is 7.74. The molecule has 3 saturated heterocycles. The number of benzene rings is 2. The minimum absolute atomic E-state index is 0.316. The van der Waals surface area contributed by atoms with Crippen molar-refractivity contribution < 1.29 is 27.9 Å². The van der Waals surface area contributed by atoms with Gasteiger partial charge in [-0.2, -0.15) is 0 Å². The number of halogens is 2. The molecule has 0 spiro atoms. The summed E-state index contributed by atoms with van der Waals surface area (Å²) in [6.07, 6.45) is 5.11. The zero-order valence-electron chi connectivity index (χ0n) is 25.2. The van der Waals surface area contributed by atoms with Crippen molar-refractivity contribution in [3.63, 3.8) is 0 Å². The molecule has 0 bridgehead atoms. The van der Waals surface area contributed by atoms with Crippen LogP contribution in [0.5, 0.6) is 5.75 Å². The largest absolute Gasteiger partial charge is 0.494 e. The number of carbonyl (C=O) groups is 1. The third-order valence-electron chi connectivity index (χ3n) is 8.50. The summed E-state index contributed by atoms with van der Waals surface area (Å²) in [6, 6.07) is 8.93. The van der Waals surface area contributed by atoms with Crippen LogP contribution in [0.1, 0.15) is 30.9 Å². The van der Waals surface area contributed by atoms with E-state index < -0.39 is 17.7 Å². The van der Waals surface area contributed by atoms with Crippen molar-refractivity contribution in [2.45, 2.75) is 31.3 Å². The molecule has 0 radical (unpaired) electrons. The number of amides is 1. The normalized spacial score (nSPS) is 19.4. The van der Waals surface area contributed by atoms with Crippen LogP contribution in [0.4, 0.5) is 37.5 Å². The van der Waals surface area contributed by atoms with Crippen molar-refractivity contribution in [3.8, 4) is 5.75 Å². The minimum atomic E-state index is -0.646. The molecular formula is C32H37F2N7O4. The number of ether oxygens (including phenoxy) is 2. The molecule has 13 heteroatoms. The van der Waals surface area contributed by atoms with Gasteiger partial charge in [-0.05, 0) is 31.1 Å². The third-order valence-corrected chi connectivity index (χ3v) is 8.50. The zero-order valence-corrected chi connectivity index (χ0v) is 25.2. The highest BCUT2D eigenvalue weighted by molar-refractivity contribution is 6.02. The van der Waals surface area contributed by atoms with Gasteiger partial charge in [0.15, 0.2) is 5.82 Å². The topological polar surface area (TPSA) is 104 Å². The molecule has 1 amide bonds. The van der Waals surface area contributed by atoms with Gasteiger partial charge in [0.1, 0.15) is 29.5 Å². The molecule has 1 atom stereocenters. The van der Waals surface area contributed by atoms with Crippen molar-refractivity contribution in [1.82, 2.24) is 14.9 Å². The first-order valence-corrected chi connectivity index (χ1v) is 15.1. The molecule has 3 fully saturated rings. The number of methoxy groups -OCH3 is 1. The number of hydrogen-bond donors (Lipinski definition) is 2. The van der Waals surface area contributed by atoms with Crippen LogP contribution in [-0.2, 0) is 14.4 Å². The van der Waals surface area contributed by atoms with Crippen molar-refractivity contribution in [1.29, 1.82) is 0 Å². The van der Waals surface area contributed by atoms with Crippen LogP contribution in [0.15, 0.2) is 55.4 Å². The maximum absolute atomic E-state index is 14.6. The Bertz CT molecular complexity index is 1530. The molecule has 0 unspecified atom stereocenters. The Labute approximate surface area is 260 Å². The molecule has 3 aliphatic heterocycles. The summed E-state index contributed by atoms with van der Waals surface area (Å²) in [6.45, 7) is 9.08. The second-order valence-corrected chi connectivity index (χ2v) is 11.1. The molecule has 0 saturated carbocycles.